The number of rotatable bonds is 5. The molecule has 1 unspecified atom stereocenters. The van der Waals surface area contributed by atoms with Gasteiger partial charge in [0.05, 0.1) is 25.9 Å². The monoisotopic (exact) mass is 189 g/mol. The van der Waals surface area contributed by atoms with Crippen LogP contribution in [0.5, 0.6) is 0 Å². The second-order valence-corrected chi connectivity index (χ2v) is 3.38. The van der Waals surface area contributed by atoms with E-state index in [9.17, 15) is 0 Å². The van der Waals surface area contributed by atoms with E-state index in [0.29, 0.717) is 6.61 Å². The van der Waals surface area contributed by atoms with E-state index in [4.69, 9.17) is 14.9 Å². The van der Waals surface area contributed by atoms with E-state index in [1.54, 1.807) is 0 Å². The largest absolute Gasteiger partial charge is 0.396 e. The number of morpholine rings is 1. The Labute approximate surface area is 79.1 Å². The third kappa shape index (κ3) is 3.60. The standard InChI is InChI=1S/C9H19NO3/c11-5-2-1-3-10-4-6-13-8-9(10)7-12/h9,11-12H,1-8H2. The van der Waals surface area contributed by atoms with Crippen LogP contribution in [0.15, 0.2) is 0 Å². The fourth-order valence-corrected chi connectivity index (χ4v) is 1.58. The van der Waals surface area contributed by atoms with Crippen molar-refractivity contribution in [2.45, 2.75) is 18.9 Å². The summed E-state index contributed by atoms with van der Waals surface area (Å²) in [5.74, 6) is 0. The maximum Gasteiger partial charge on any atom is 0.0644 e. The number of hydrogen-bond donors (Lipinski definition) is 2. The van der Waals surface area contributed by atoms with Crippen LogP contribution in [-0.4, -0.2) is 60.7 Å². The van der Waals surface area contributed by atoms with E-state index >= 15 is 0 Å². The molecular formula is C9H19NO3. The minimum atomic E-state index is 0.160. The first-order valence-electron chi connectivity index (χ1n) is 4.92. The zero-order valence-electron chi connectivity index (χ0n) is 7.98. The van der Waals surface area contributed by atoms with E-state index in [-0.39, 0.29) is 19.3 Å². The van der Waals surface area contributed by atoms with Gasteiger partial charge in [-0.15, -0.1) is 0 Å². The molecule has 1 saturated heterocycles. The normalized spacial score (nSPS) is 24.9. The van der Waals surface area contributed by atoms with Gasteiger partial charge in [-0.3, -0.25) is 4.90 Å². The predicted octanol–water partition coefficient (Wildman–Crippen LogP) is -0.548. The van der Waals surface area contributed by atoms with Crippen molar-refractivity contribution < 1.29 is 14.9 Å². The molecule has 2 N–H and O–H groups in total. The number of aliphatic hydroxyl groups excluding tert-OH is 2. The van der Waals surface area contributed by atoms with Crippen molar-refractivity contribution in [3.05, 3.63) is 0 Å². The molecule has 0 aromatic heterocycles. The van der Waals surface area contributed by atoms with Gasteiger partial charge in [0.15, 0.2) is 0 Å². The van der Waals surface area contributed by atoms with Crippen molar-refractivity contribution >= 4 is 0 Å². The molecule has 1 atom stereocenters. The van der Waals surface area contributed by atoms with Gasteiger partial charge in [-0.1, -0.05) is 0 Å². The molecule has 4 nitrogen and oxygen atoms in total. The van der Waals surface area contributed by atoms with Crippen molar-refractivity contribution in [3.63, 3.8) is 0 Å². The van der Waals surface area contributed by atoms with Crippen LogP contribution in [0.25, 0.3) is 0 Å². The highest BCUT2D eigenvalue weighted by Gasteiger charge is 2.21. The van der Waals surface area contributed by atoms with Crippen LogP contribution in [0.4, 0.5) is 0 Å². The van der Waals surface area contributed by atoms with Crippen molar-refractivity contribution in [1.82, 2.24) is 4.90 Å². The fraction of sp³-hybridized carbons (Fsp3) is 1.00. The molecule has 1 aliphatic heterocycles. The van der Waals surface area contributed by atoms with Crippen LogP contribution in [0.2, 0.25) is 0 Å². The van der Waals surface area contributed by atoms with Crippen LogP contribution < -0.4 is 0 Å². The van der Waals surface area contributed by atoms with Gasteiger partial charge in [-0.2, -0.15) is 0 Å². The summed E-state index contributed by atoms with van der Waals surface area (Å²) in [6.07, 6.45) is 1.84. The Kier molecular flexibility index (Phi) is 5.31. The molecule has 4 heteroatoms. The summed E-state index contributed by atoms with van der Waals surface area (Å²) in [4.78, 5) is 2.24. The molecule has 0 spiro atoms. The Balaban J connectivity index is 2.19. The van der Waals surface area contributed by atoms with Gasteiger partial charge < -0.3 is 14.9 Å². The van der Waals surface area contributed by atoms with Gasteiger partial charge in [0, 0.05) is 13.2 Å². The molecule has 0 aromatic rings. The van der Waals surface area contributed by atoms with Crippen molar-refractivity contribution in [1.29, 1.82) is 0 Å². The zero-order chi connectivity index (χ0) is 9.52. The lowest BCUT2D eigenvalue weighted by Gasteiger charge is -2.34. The Morgan fingerprint density at radius 3 is 2.85 bits per heavy atom. The number of ether oxygens (including phenoxy) is 1. The quantitative estimate of drug-likeness (QED) is 0.570. The van der Waals surface area contributed by atoms with Crippen LogP contribution in [-0.2, 0) is 4.74 Å². The van der Waals surface area contributed by atoms with Gasteiger partial charge in [0.25, 0.3) is 0 Å². The summed E-state index contributed by atoms with van der Waals surface area (Å²) in [6, 6.07) is 0.160. The summed E-state index contributed by atoms with van der Waals surface area (Å²) in [6.45, 7) is 3.67. The minimum absolute atomic E-state index is 0.160. The topological polar surface area (TPSA) is 52.9 Å². The molecule has 13 heavy (non-hydrogen) atoms. The summed E-state index contributed by atoms with van der Waals surface area (Å²) in [5.41, 5.74) is 0. The molecule has 0 aromatic carbocycles. The van der Waals surface area contributed by atoms with Crippen molar-refractivity contribution in [3.8, 4) is 0 Å². The van der Waals surface area contributed by atoms with Crippen LogP contribution in [0.1, 0.15) is 12.8 Å². The van der Waals surface area contributed by atoms with E-state index in [1.165, 1.54) is 0 Å². The lowest BCUT2D eigenvalue weighted by molar-refractivity contribution is -0.0281. The van der Waals surface area contributed by atoms with Gasteiger partial charge in [-0.05, 0) is 19.4 Å². The fourth-order valence-electron chi connectivity index (χ4n) is 1.58. The smallest absolute Gasteiger partial charge is 0.0644 e. The van der Waals surface area contributed by atoms with E-state index in [1.807, 2.05) is 0 Å². The van der Waals surface area contributed by atoms with Crippen LogP contribution in [0.3, 0.4) is 0 Å². The lowest BCUT2D eigenvalue weighted by Crippen LogP contribution is -2.47. The van der Waals surface area contributed by atoms with Gasteiger partial charge in [-0.25, -0.2) is 0 Å². The number of aliphatic hydroxyl groups is 2. The molecule has 1 fully saturated rings. The van der Waals surface area contributed by atoms with Crippen LogP contribution in [0, 0.1) is 0 Å². The van der Waals surface area contributed by atoms with Crippen LogP contribution >= 0.6 is 0 Å². The zero-order valence-corrected chi connectivity index (χ0v) is 7.98. The van der Waals surface area contributed by atoms with Crippen molar-refractivity contribution in [2.75, 3.05) is 39.5 Å². The SMILES string of the molecule is OCCCCN1CCOCC1CO. The summed E-state index contributed by atoms with van der Waals surface area (Å²) in [7, 11) is 0. The highest BCUT2D eigenvalue weighted by molar-refractivity contribution is 4.73. The van der Waals surface area contributed by atoms with Gasteiger partial charge in [0.1, 0.15) is 0 Å². The lowest BCUT2D eigenvalue weighted by atomic mass is 10.2. The molecule has 0 saturated carbocycles. The first kappa shape index (κ1) is 10.9. The van der Waals surface area contributed by atoms with E-state index in [0.717, 1.165) is 32.5 Å². The Morgan fingerprint density at radius 2 is 2.15 bits per heavy atom. The summed E-state index contributed by atoms with van der Waals surface area (Å²) in [5, 5.41) is 17.7. The second kappa shape index (κ2) is 6.32. The number of nitrogens with zero attached hydrogens (tertiary/aromatic N) is 1. The molecule has 0 aliphatic carbocycles. The Morgan fingerprint density at radius 1 is 1.31 bits per heavy atom. The molecule has 0 radical (unpaired) electrons. The molecule has 1 rings (SSSR count). The first-order valence-corrected chi connectivity index (χ1v) is 4.92. The summed E-state index contributed by atoms with van der Waals surface area (Å²) >= 11 is 0. The molecule has 1 aliphatic rings. The molecule has 1 heterocycles. The predicted molar refractivity (Wildman–Crippen MR) is 49.6 cm³/mol. The second-order valence-electron chi connectivity index (χ2n) is 3.38. The molecular weight excluding hydrogens is 170 g/mol. The summed E-state index contributed by atoms with van der Waals surface area (Å²) < 4.78 is 5.26. The maximum atomic E-state index is 9.05. The van der Waals surface area contributed by atoms with E-state index < -0.39 is 0 Å². The molecule has 0 bridgehead atoms. The average Bonchev–Trinajstić information content (AvgIpc) is 2.19. The Hall–Kier alpha value is -0.160. The van der Waals surface area contributed by atoms with E-state index in [2.05, 4.69) is 4.90 Å². The third-order valence-corrected chi connectivity index (χ3v) is 2.41. The van der Waals surface area contributed by atoms with Crippen molar-refractivity contribution in [2.24, 2.45) is 0 Å². The first-order chi connectivity index (χ1) is 6.38. The molecule has 78 valence electrons. The number of unbranched alkanes of at least 4 members (excludes halogenated alkanes) is 1. The molecule has 0 amide bonds. The third-order valence-electron chi connectivity index (χ3n) is 2.41. The van der Waals surface area contributed by atoms with Gasteiger partial charge >= 0.3 is 0 Å². The highest BCUT2D eigenvalue weighted by Crippen LogP contribution is 2.07. The highest BCUT2D eigenvalue weighted by atomic mass is 16.5. The average molecular weight is 189 g/mol. The van der Waals surface area contributed by atoms with Gasteiger partial charge in [0.2, 0.25) is 0 Å². The minimum Gasteiger partial charge on any atom is -0.396 e. The number of hydrogen-bond acceptors (Lipinski definition) is 4. The maximum absolute atomic E-state index is 9.05. The Bertz CT molecular complexity index is 132.